The fourth-order valence-electron chi connectivity index (χ4n) is 3.63. The second-order valence-electron chi connectivity index (χ2n) is 6.98. The Morgan fingerprint density at radius 2 is 1.81 bits per heavy atom. The maximum absolute atomic E-state index is 11.6. The first-order valence-electron chi connectivity index (χ1n) is 8.22. The summed E-state index contributed by atoms with van der Waals surface area (Å²) in [6.07, 6.45) is 4.28. The largest absolute Gasteiger partial charge is 0.446 e. The van der Waals surface area contributed by atoms with Crippen molar-refractivity contribution in [2.75, 3.05) is 0 Å². The van der Waals surface area contributed by atoms with Gasteiger partial charge in [0.15, 0.2) is 4.93 Å². The predicted octanol–water partition coefficient (Wildman–Crippen LogP) is 2.67. The Balaban J connectivity index is 2.13. The van der Waals surface area contributed by atoms with Crippen molar-refractivity contribution < 1.29 is 9.53 Å². The van der Waals surface area contributed by atoms with Crippen molar-refractivity contribution in [3.05, 3.63) is 0 Å². The number of rotatable bonds is 5. The van der Waals surface area contributed by atoms with Crippen LogP contribution in [0.3, 0.4) is 0 Å². The van der Waals surface area contributed by atoms with Gasteiger partial charge in [-0.05, 0) is 25.7 Å². The van der Waals surface area contributed by atoms with Gasteiger partial charge in [0.25, 0.3) is 0 Å². The van der Waals surface area contributed by atoms with Crippen molar-refractivity contribution in [1.29, 1.82) is 0 Å². The molecule has 2 N–H and O–H groups in total. The van der Waals surface area contributed by atoms with E-state index < -0.39 is 0 Å². The molecule has 0 radical (unpaired) electrons. The van der Waals surface area contributed by atoms with Gasteiger partial charge in [0.1, 0.15) is 0 Å². The summed E-state index contributed by atoms with van der Waals surface area (Å²) in [5, 5.41) is 7.85. The third-order valence-electron chi connectivity index (χ3n) is 4.27. The summed E-state index contributed by atoms with van der Waals surface area (Å²) >= 11 is 1.88. The van der Waals surface area contributed by atoms with E-state index in [1.807, 2.05) is 11.8 Å². The van der Waals surface area contributed by atoms with Crippen LogP contribution < -0.4 is 10.6 Å². The quantitative estimate of drug-likeness (QED) is 0.764. The minimum absolute atomic E-state index is 0.158. The summed E-state index contributed by atoms with van der Waals surface area (Å²) in [6, 6.07) is 1.72. The maximum Gasteiger partial charge on any atom is 0.304 e. The third-order valence-corrected chi connectivity index (χ3v) is 6.11. The summed E-state index contributed by atoms with van der Waals surface area (Å²) < 4.78 is 5.85. The number of ether oxygens (including phenoxy) is 1. The fraction of sp³-hybridized carbons (Fsp3) is 0.938. The third kappa shape index (κ3) is 4.14. The van der Waals surface area contributed by atoms with Gasteiger partial charge in [-0.1, -0.05) is 27.7 Å². The maximum atomic E-state index is 11.6. The molecule has 2 heterocycles. The van der Waals surface area contributed by atoms with Crippen LogP contribution in [0.4, 0.5) is 0 Å². The molecule has 0 amide bonds. The van der Waals surface area contributed by atoms with Crippen molar-refractivity contribution in [3.63, 3.8) is 0 Å². The number of thioether (sulfide) groups is 1. The van der Waals surface area contributed by atoms with Gasteiger partial charge >= 0.3 is 5.97 Å². The van der Waals surface area contributed by atoms with E-state index in [9.17, 15) is 4.79 Å². The number of fused-ring (bicyclic) bond motifs is 2. The second-order valence-corrected chi connectivity index (χ2v) is 8.51. The molecule has 21 heavy (non-hydrogen) atoms. The Morgan fingerprint density at radius 1 is 1.14 bits per heavy atom. The highest BCUT2D eigenvalue weighted by Gasteiger charge is 2.52. The van der Waals surface area contributed by atoms with Crippen LogP contribution in [-0.2, 0) is 9.53 Å². The average molecular weight is 314 g/mol. The van der Waals surface area contributed by atoms with Crippen LogP contribution in [0.2, 0.25) is 0 Å². The number of hydrogen-bond acceptors (Lipinski definition) is 5. The molecule has 4 atom stereocenters. The van der Waals surface area contributed by atoms with Crippen LogP contribution >= 0.6 is 11.8 Å². The Hall–Kier alpha value is -0.260. The molecular formula is C16H30N2O2S. The van der Waals surface area contributed by atoms with E-state index in [4.69, 9.17) is 4.74 Å². The molecule has 2 aliphatic heterocycles. The van der Waals surface area contributed by atoms with Crippen LogP contribution in [0.1, 0.15) is 60.3 Å². The molecule has 2 fully saturated rings. The van der Waals surface area contributed by atoms with Crippen LogP contribution in [0.5, 0.6) is 0 Å². The van der Waals surface area contributed by atoms with Gasteiger partial charge in [-0.25, -0.2) is 0 Å². The molecule has 0 saturated carbocycles. The SMILES string of the molecule is CC(=O)OC12CCC(NC(C)C)C(CCC1NC(C)C)S2. The minimum Gasteiger partial charge on any atom is -0.446 e. The number of carbonyl (C=O) groups is 1. The molecule has 0 aromatic rings. The van der Waals surface area contributed by atoms with Gasteiger partial charge in [-0.15, -0.1) is 11.8 Å². The second kappa shape index (κ2) is 6.88. The molecule has 5 heteroatoms. The van der Waals surface area contributed by atoms with Gasteiger partial charge in [0.05, 0.1) is 6.04 Å². The molecule has 122 valence electrons. The van der Waals surface area contributed by atoms with E-state index in [2.05, 4.69) is 38.3 Å². The lowest BCUT2D eigenvalue weighted by Crippen LogP contribution is -2.61. The Bertz CT molecular complexity index is 375. The molecular weight excluding hydrogens is 284 g/mol. The van der Waals surface area contributed by atoms with E-state index in [0.717, 1.165) is 19.3 Å². The number of hydrogen-bond donors (Lipinski definition) is 2. The number of esters is 1. The molecule has 2 saturated heterocycles. The molecule has 0 aromatic heterocycles. The Kier molecular flexibility index (Phi) is 5.60. The molecule has 4 unspecified atom stereocenters. The van der Waals surface area contributed by atoms with Crippen LogP contribution in [0, 0.1) is 0 Å². The highest BCUT2D eigenvalue weighted by atomic mass is 32.2. The summed E-state index contributed by atoms with van der Waals surface area (Å²) in [6.45, 7) is 10.2. The van der Waals surface area contributed by atoms with Crippen LogP contribution in [0.25, 0.3) is 0 Å². The van der Waals surface area contributed by atoms with E-state index in [-0.39, 0.29) is 16.9 Å². The highest BCUT2D eigenvalue weighted by Crippen LogP contribution is 2.50. The molecule has 4 nitrogen and oxygen atoms in total. The molecule has 2 rings (SSSR count). The molecule has 0 aliphatic carbocycles. The zero-order valence-electron chi connectivity index (χ0n) is 13.9. The van der Waals surface area contributed by atoms with Crippen molar-refractivity contribution in [3.8, 4) is 0 Å². The van der Waals surface area contributed by atoms with E-state index >= 15 is 0 Å². The van der Waals surface area contributed by atoms with E-state index in [0.29, 0.717) is 23.4 Å². The molecule has 0 aromatic carbocycles. The van der Waals surface area contributed by atoms with Crippen molar-refractivity contribution >= 4 is 17.7 Å². The lowest BCUT2D eigenvalue weighted by molar-refractivity contribution is -0.152. The van der Waals surface area contributed by atoms with Gasteiger partial charge < -0.3 is 15.4 Å². The highest BCUT2D eigenvalue weighted by molar-refractivity contribution is 8.01. The first-order valence-corrected chi connectivity index (χ1v) is 9.10. The summed E-state index contributed by atoms with van der Waals surface area (Å²) in [4.78, 5) is 11.3. The summed E-state index contributed by atoms with van der Waals surface area (Å²) in [5.41, 5.74) is 0. The standard InChI is InChI=1S/C16H30N2O2S/c1-10(2)17-13-8-9-16(20-12(5)19)15(18-11(3)4)7-6-14(13)21-16/h10-11,13-15,17-18H,6-9H2,1-5H3. The Labute approximate surface area is 133 Å². The average Bonchev–Trinajstić information content (AvgIpc) is 2.35. The smallest absolute Gasteiger partial charge is 0.304 e. The van der Waals surface area contributed by atoms with Crippen LogP contribution in [0.15, 0.2) is 0 Å². The normalized spacial score (nSPS) is 36.0. The van der Waals surface area contributed by atoms with Gasteiger partial charge in [-0.2, -0.15) is 0 Å². The number of carbonyl (C=O) groups excluding carboxylic acids is 1. The molecule has 2 aliphatic rings. The minimum atomic E-state index is -0.367. The Morgan fingerprint density at radius 3 is 2.38 bits per heavy atom. The van der Waals surface area contributed by atoms with Crippen molar-refractivity contribution in [2.45, 2.75) is 94.7 Å². The first-order chi connectivity index (χ1) is 9.82. The first kappa shape index (κ1) is 17.1. The van der Waals surface area contributed by atoms with Crippen molar-refractivity contribution in [2.24, 2.45) is 0 Å². The van der Waals surface area contributed by atoms with E-state index in [1.54, 1.807) is 0 Å². The lowest BCUT2D eigenvalue weighted by atomic mass is 9.88. The number of nitrogens with one attached hydrogen (secondary N) is 2. The topological polar surface area (TPSA) is 50.4 Å². The van der Waals surface area contributed by atoms with Crippen molar-refractivity contribution in [1.82, 2.24) is 10.6 Å². The van der Waals surface area contributed by atoms with E-state index in [1.165, 1.54) is 13.3 Å². The molecule has 0 spiro atoms. The summed E-state index contributed by atoms with van der Waals surface area (Å²) in [5.74, 6) is -0.158. The summed E-state index contributed by atoms with van der Waals surface area (Å²) in [7, 11) is 0. The van der Waals surface area contributed by atoms with Gasteiger partial charge in [0.2, 0.25) is 0 Å². The van der Waals surface area contributed by atoms with Gasteiger partial charge in [-0.3, -0.25) is 4.79 Å². The lowest BCUT2D eigenvalue weighted by Gasteiger charge is -2.52. The monoisotopic (exact) mass is 314 g/mol. The van der Waals surface area contributed by atoms with Gasteiger partial charge in [0, 0.05) is 30.3 Å². The fourth-order valence-corrected chi connectivity index (χ4v) is 5.52. The predicted molar refractivity (Wildman–Crippen MR) is 88.5 cm³/mol. The zero-order chi connectivity index (χ0) is 15.6. The zero-order valence-corrected chi connectivity index (χ0v) is 14.8. The molecule has 2 bridgehead atoms. The van der Waals surface area contributed by atoms with Crippen LogP contribution in [-0.4, -0.2) is 40.3 Å².